The first-order valence-corrected chi connectivity index (χ1v) is 11.8. The Balaban J connectivity index is 2.26. The molecule has 0 aliphatic rings. The van der Waals surface area contributed by atoms with Crippen LogP contribution in [0.5, 0.6) is 0 Å². The van der Waals surface area contributed by atoms with Gasteiger partial charge in [-0.3, -0.25) is 23.6 Å². The first-order chi connectivity index (χ1) is 17.0. The van der Waals surface area contributed by atoms with E-state index < -0.39 is 29.9 Å². The topological polar surface area (TPSA) is 149 Å². The van der Waals surface area contributed by atoms with Gasteiger partial charge in [-0.1, -0.05) is 26.0 Å². The van der Waals surface area contributed by atoms with E-state index >= 15 is 0 Å². The summed E-state index contributed by atoms with van der Waals surface area (Å²) in [5.41, 5.74) is -0.593. The Labute approximate surface area is 208 Å². The van der Waals surface area contributed by atoms with Gasteiger partial charge in [0.25, 0.3) is 11.5 Å². The average molecular weight is 516 g/mol. The second kappa shape index (κ2) is 9.33. The number of aliphatic hydroxyl groups is 1. The Morgan fingerprint density at radius 3 is 2.50 bits per heavy atom. The molecule has 1 amide bonds. The molecule has 3 heterocycles. The van der Waals surface area contributed by atoms with E-state index in [4.69, 9.17) is 4.84 Å². The molecular formula is C23H25N5O7S. The summed E-state index contributed by atoms with van der Waals surface area (Å²) in [6, 6.07) is 4.73. The third-order valence-electron chi connectivity index (χ3n) is 5.85. The number of aromatic nitrogens is 4. The highest BCUT2D eigenvalue weighted by Gasteiger charge is 2.31. The van der Waals surface area contributed by atoms with Crippen molar-refractivity contribution in [2.45, 2.75) is 27.0 Å². The van der Waals surface area contributed by atoms with Crippen molar-refractivity contribution in [3.8, 4) is 10.6 Å². The minimum atomic E-state index is -1.36. The van der Waals surface area contributed by atoms with Gasteiger partial charge in [0.2, 0.25) is 0 Å². The summed E-state index contributed by atoms with van der Waals surface area (Å²) in [7, 11) is 4.00. The normalized spacial score (nSPS) is 11.6. The second-order valence-corrected chi connectivity index (χ2v) is 9.63. The lowest BCUT2D eigenvalue weighted by Crippen LogP contribution is -2.39. The van der Waals surface area contributed by atoms with Crippen LogP contribution in [0.3, 0.4) is 0 Å². The molecule has 36 heavy (non-hydrogen) atoms. The van der Waals surface area contributed by atoms with Crippen molar-refractivity contribution >= 4 is 44.5 Å². The number of fused-ring (bicyclic) bond motifs is 2. The van der Waals surface area contributed by atoms with Gasteiger partial charge in [0.05, 0.1) is 35.1 Å². The molecule has 4 aromatic rings. The van der Waals surface area contributed by atoms with Crippen molar-refractivity contribution < 1.29 is 24.6 Å². The van der Waals surface area contributed by atoms with Crippen LogP contribution in [0, 0.1) is 5.92 Å². The summed E-state index contributed by atoms with van der Waals surface area (Å²) in [6.07, 6.45) is -1.36. The SMILES string of the molecule is CON(C)C(=O)c1c(-c2nn(C(=O)O)c3cccc(CO)c23)sc2c1c(=O)n(C)c(=O)n2CC(C)C. The maximum absolute atomic E-state index is 13.5. The van der Waals surface area contributed by atoms with Gasteiger partial charge < -0.3 is 10.2 Å². The Bertz CT molecular complexity index is 1640. The van der Waals surface area contributed by atoms with Gasteiger partial charge >= 0.3 is 11.8 Å². The first kappa shape index (κ1) is 25.3. The number of amides is 1. The average Bonchev–Trinajstić information content (AvgIpc) is 3.43. The Kier molecular flexibility index (Phi) is 6.56. The van der Waals surface area contributed by atoms with Crippen LogP contribution in [0.4, 0.5) is 4.79 Å². The molecule has 12 nitrogen and oxygen atoms in total. The highest BCUT2D eigenvalue weighted by molar-refractivity contribution is 7.22. The van der Waals surface area contributed by atoms with E-state index in [1.54, 1.807) is 12.1 Å². The van der Waals surface area contributed by atoms with Crippen LogP contribution in [0.2, 0.25) is 0 Å². The van der Waals surface area contributed by atoms with Crippen LogP contribution in [0.15, 0.2) is 27.8 Å². The summed E-state index contributed by atoms with van der Waals surface area (Å²) in [4.78, 5) is 57.4. The van der Waals surface area contributed by atoms with E-state index in [9.17, 15) is 29.4 Å². The van der Waals surface area contributed by atoms with Gasteiger partial charge in [-0.15, -0.1) is 11.3 Å². The van der Waals surface area contributed by atoms with Crippen LogP contribution in [-0.4, -0.2) is 60.3 Å². The summed E-state index contributed by atoms with van der Waals surface area (Å²) in [6.45, 7) is 3.70. The van der Waals surface area contributed by atoms with E-state index in [0.29, 0.717) is 10.9 Å². The zero-order chi connectivity index (χ0) is 26.5. The van der Waals surface area contributed by atoms with Crippen molar-refractivity contribution in [1.82, 2.24) is 24.0 Å². The fourth-order valence-corrected chi connectivity index (χ4v) is 5.42. The van der Waals surface area contributed by atoms with Gasteiger partial charge in [-0.25, -0.2) is 14.7 Å². The molecule has 0 saturated heterocycles. The standard InChI is InChI=1S/C23H25N5O7S/c1-11(2)9-27-21-16(19(30)25(3)22(27)32)15(20(31)26(4)35-5)18(36-21)17-14-12(10-29)7-6-8-13(14)28(24-17)23(33)34/h6-8,11,29H,9-10H2,1-5H3,(H,33,34). The smallest absolute Gasteiger partial charge is 0.432 e. The number of hydroxylamine groups is 2. The molecule has 0 aliphatic heterocycles. The molecule has 0 fully saturated rings. The molecule has 3 aromatic heterocycles. The van der Waals surface area contributed by atoms with Crippen LogP contribution < -0.4 is 11.2 Å². The van der Waals surface area contributed by atoms with Gasteiger partial charge in [-0.05, 0) is 17.5 Å². The quantitative estimate of drug-likeness (QED) is 0.371. The predicted octanol–water partition coefficient (Wildman–Crippen LogP) is 2.09. The number of rotatable bonds is 6. The summed E-state index contributed by atoms with van der Waals surface area (Å²) >= 11 is 0.994. The third kappa shape index (κ3) is 3.81. The predicted molar refractivity (Wildman–Crippen MR) is 133 cm³/mol. The highest BCUT2D eigenvalue weighted by Crippen LogP contribution is 2.41. The van der Waals surface area contributed by atoms with Crippen LogP contribution in [0.25, 0.3) is 31.7 Å². The number of carbonyl (C=O) groups excluding carboxylic acids is 1. The fraction of sp³-hybridized carbons (Fsp3) is 0.348. The minimum Gasteiger partial charge on any atom is -0.463 e. The van der Waals surface area contributed by atoms with Crippen LogP contribution >= 0.6 is 11.3 Å². The molecule has 0 radical (unpaired) electrons. The number of nitrogens with zero attached hydrogens (tertiary/aromatic N) is 5. The van der Waals surface area contributed by atoms with Crippen molar-refractivity contribution in [2.24, 2.45) is 13.0 Å². The third-order valence-corrected chi connectivity index (χ3v) is 7.07. The van der Waals surface area contributed by atoms with Crippen molar-refractivity contribution in [3.05, 3.63) is 50.2 Å². The van der Waals surface area contributed by atoms with Crippen molar-refractivity contribution in [3.63, 3.8) is 0 Å². The molecule has 1 aromatic carbocycles. The lowest BCUT2D eigenvalue weighted by Gasteiger charge is -2.15. The van der Waals surface area contributed by atoms with Crippen LogP contribution in [0.1, 0.15) is 29.8 Å². The molecular weight excluding hydrogens is 490 g/mol. The molecule has 4 rings (SSSR count). The molecule has 0 unspecified atom stereocenters. The van der Waals surface area contributed by atoms with Crippen molar-refractivity contribution in [2.75, 3.05) is 14.2 Å². The lowest BCUT2D eigenvalue weighted by atomic mass is 10.0. The maximum Gasteiger partial charge on any atom is 0.432 e. The largest absolute Gasteiger partial charge is 0.463 e. The van der Waals surface area contributed by atoms with E-state index in [2.05, 4.69) is 5.10 Å². The summed E-state index contributed by atoms with van der Waals surface area (Å²) in [5.74, 6) is -0.632. The number of carbonyl (C=O) groups is 2. The Morgan fingerprint density at radius 2 is 1.92 bits per heavy atom. The van der Waals surface area contributed by atoms with Gasteiger partial charge in [-0.2, -0.15) is 9.78 Å². The number of aliphatic hydroxyl groups excluding tert-OH is 1. The van der Waals surface area contributed by atoms with Gasteiger partial charge in [0, 0.05) is 26.0 Å². The minimum absolute atomic E-state index is 0.00570. The number of thiophene rings is 1. The number of hydrogen-bond donors (Lipinski definition) is 2. The van der Waals surface area contributed by atoms with Gasteiger partial charge in [0.1, 0.15) is 10.5 Å². The maximum atomic E-state index is 13.5. The molecule has 0 atom stereocenters. The van der Waals surface area contributed by atoms with Crippen molar-refractivity contribution in [1.29, 1.82) is 0 Å². The lowest BCUT2D eigenvalue weighted by molar-refractivity contribution is -0.0755. The van der Waals surface area contributed by atoms with E-state index in [-0.39, 0.29) is 44.3 Å². The Hall–Kier alpha value is -3.81. The molecule has 190 valence electrons. The first-order valence-electron chi connectivity index (χ1n) is 11.0. The molecule has 0 aliphatic carbocycles. The molecule has 2 N–H and O–H groups in total. The molecule has 0 saturated carbocycles. The summed E-state index contributed by atoms with van der Waals surface area (Å²) in [5, 5.41) is 25.3. The number of benzene rings is 1. The molecule has 0 bridgehead atoms. The zero-order valence-electron chi connectivity index (χ0n) is 20.3. The van der Waals surface area contributed by atoms with Crippen LogP contribution in [-0.2, 0) is 25.0 Å². The number of carboxylic acid groups (broad SMARTS) is 1. The van der Waals surface area contributed by atoms with E-state index in [1.807, 2.05) is 13.8 Å². The molecule has 13 heteroatoms. The Morgan fingerprint density at radius 1 is 1.22 bits per heavy atom. The number of hydrogen-bond acceptors (Lipinski definition) is 8. The zero-order valence-corrected chi connectivity index (χ0v) is 21.1. The molecule has 0 spiro atoms. The van der Waals surface area contributed by atoms with E-state index in [0.717, 1.165) is 25.6 Å². The monoisotopic (exact) mass is 515 g/mol. The highest BCUT2D eigenvalue weighted by atomic mass is 32.1. The second-order valence-electron chi connectivity index (χ2n) is 8.64. The fourth-order valence-electron chi connectivity index (χ4n) is 4.14. The van der Waals surface area contributed by atoms with Gasteiger partial charge in [0.15, 0.2) is 0 Å². The summed E-state index contributed by atoms with van der Waals surface area (Å²) < 4.78 is 3.13. The van der Waals surface area contributed by atoms with E-state index in [1.165, 1.54) is 31.8 Å².